The summed E-state index contributed by atoms with van der Waals surface area (Å²) in [7, 11) is 0. The summed E-state index contributed by atoms with van der Waals surface area (Å²) in [6, 6.07) is 4.36. The van der Waals surface area contributed by atoms with Crippen molar-refractivity contribution in [2.45, 2.75) is 96.0 Å². The molecule has 0 spiro atoms. The molecule has 5 aliphatic rings. The molecular weight excluding hydrogens is 386 g/mol. The number of hydrogen-bond acceptors (Lipinski definition) is 6. The first-order valence-electron chi connectivity index (χ1n) is 13.0. The van der Waals surface area contributed by atoms with Crippen molar-refractivity contribution >= 4 is 0 Å². The highest BCUT2D eigenvalue weighted by Gasteiger charge is 2.52. The minimum absolute atomic E-state index is 0.188. The van der Waals surface area contributed by atoms with E-state index in [9.17, 15) is 10.4 Å². The number of aliphatic hydroxyl groups excluding tert-OH is 1. The van der Waals surface area contributed by atoms with Crippen LogP contribution in [0.2, 0.25) is 0 Å². The highest BCUT2D eigenvalue weighted by Crippen LogP contribution is 2.48. The molecule has 5 rings (SSSR count). The van der Waals surface area contributed by atoms with E-state index in [0.717, 1.165) is 49.1 Å². The number of nitrogens with zero attached hydrogens (tertiary/aromatic N) is 1. The lowest BCUT2D eigenvalue weighted by Crippen LogP contribution is -2.59. The van der Waals surface area contributed by atoms with Crippen LogP contribution in [-0.4, -0.2) is 42.5 Å². The van der Waals surface area contributed by atoms with Crippen molar-refractivity contribution in [3.63, 3.8) is 0 Å². The lowest BCUT2D eigenvalue weighted by Gasteiger charge is -2.50. The van der Waals surface area contributed by atoms with Crippen LogP contribution < -0.4 is 21.5 Å². The molecule has 3 heterocycles. The van der Waals surface area contributed by atoms with Gasteiger partial charge in [0.2, 0.25) is 0 Å². The zero-order valence-electron chi connectivity index (χ0n) is 19.4. The van der Waals surface area contributed by atoms with Crippen LogP contribution in [0.1, 0.15) is 71.6 Å². The number of fused-ring (bicyclic) bond motifs is 3. The van der Waals surface area contributed by atoms with Gasteiger partial charge in [0.1, 0.15) is 6.23 Å². The van der Waals surface area contributed by atoms with Crippen LogP contribution >= 0.6 is 0 Å². The second kappa shape index (κ2) is 8.91. The number of nitrogens with one attached hydrogen (secondary N) is 4. The number of aliphatic hydroxyl groups is 1. The quantitative estimate of drug-likeness (QED) is 0.473. The third kappa shape index (κ3) is 4.29. The zero-order valence-corrected chi connectivity index (χ0v) is 19.4. The monoisotopic (exact) mass is 429 g/mol. The second-order valence-corrected chi connectivity index (χ2v) is 12.0. The van der Waals surface area contributed by atoms with Gasteiger partial charge in [-0.25, -0.2) is 0 Å². The molecule has 0 aromatic rings. The Morgan fingerprint density at radius 3 is 2.26 bits per heavy atom. The first-order valence-corrected chi connectivity index (χ1v) is 13.0. The maximum absolute atomic E-state index is 9.84. The Kier molecular flexibility index (Phi) is 6.35. The molecule has 6 heteroatoms. The highest BCUT2D eigenvalue weighted by molar-refractivity contribution is 5.08. The van der Waals surface area contributed by atoms with Gasteiger partial charge in [0.25, 0.3) is 0 Å². The third-order valence-corrected chi connectivity index (χ3v) is 10.0. The highest BCUT2D eigenvalue weighted by atomic mass is 16.3. The van der Waals surface area contributed by atoms with E-state index < -0.39 is 0 Å². The number of hydrogen-bond donors (Lipinski definition) is 5. The van der Waals surface area contributed by atoms with E-state index in [1.54, 1.807) is 0 Å². The Balaban J connectivity index is 1.25. The fourth-order valence-electron chi connectivity index (χ4n) is 8.01. The third-order valence-electron chi connectivity index (χ3n) is 10.0. The standard InChI is InChI=1S/C25H43N5O/c1-25(2,14-26)18-7-3-15(4-8-18)24-23-19-11-16(17-6-10-22(31)28-12-17)5-9-20(19)27-13-21(23)29-30-24/h15-24,27-31H,3-13H2,1-2H3. The van der Waals surface area contributed by atoms with Crippen LogP contribution in [0.15, 0.2) is 0 Å². The Bertz CT molecular complexity index is 661. The molecule has 5 fully saturated rings. The van der Waals surface area contributed by atoms with Crippen LogP contribution in [0.4, 0.5) is 0 Å². The van der Waals surface area contributed by atoms with Crippen molar-refractivity contribution in [1.29, 1.82) is 5.26 Å². The molecule has 8 atom stereocenters. The maximum Gasteiger partial charge on any atom is 0.104 e. The van der Waals surface area contributed by atoms with Crippen molar-refractivity contribution in [3.05, 3.63) is 0 Å². The summed E-state index contributed by atoms with van der Waals surface area (Å²) in [5.74, 6) is 4.29. The summed E-state index contributed by atoms with van der Waals surface area (Å²) in [6.07, 6.45) is 10.7. The van der Waals surface area contributed by atoms with Crippen LogP contribution in [0.5, 0.6) is 0 Å². The molecular formula is C25H43N5O. The Morgan fingerprint density at radius 2 is 1.55 bits per heavy atom. The lowest BCUT2D eigenvalue weighted by molar-refractivity contribution is 0.0268. The topological polar surface area (TPSA) is 92.1 Å². The maximum atomic E-state index is 9.84. The number of nitriles is 1. The van der Waals surface area contributed by atoms with E-state index in [-0.39, 0.29) is 11.6 Å². The Morgan fingerprint density at radius 1 is 0.806 bits per heavy atom. The number of rotatable bonds is 3. The minimum atomic E-state index is -0.290. The van der Waals surface area contributed by atoms with Gasteiger partial charge in [-0.05, 0) is 107 Å². The molecule has 31 heavy (non-hydrogen) atoms. The normalized spacial score (nSPS) is 48.5. The predicted molar refractivity (Wildman–Crippen MR) is 122 cm³/mol. The molecule has 8 unspecified atom stereocenters. The fourth-order valence-corrected chi connectivity index (χ4v) is 8.01. The van der Waals surface area contributed by atoms with Gasteiger partial charge in [-0.1, -0.05) is 0 Å². The average Bonchev–Trinajstić information content (AvgIpc) is 3.24. The Labute approximate surface area is 188 Å². The van der Waals surface area contributed by atoms with Crippen molar-refractivity contribution < 1.29 is 5.11 Å². The summed E-state index contributed by atoms with van der Waals surface area (Å²) in [5, 5.41) is 26.6. The molecule has 0 radical (unpaired) electrons. The first kappa shape index (κ1) is 22.1. The predicted octanol–water partition coefficient (Wildman–Crippen LogP) is 2.51. The second-order valence-electron chi connectivity index (χ2n) is 12.0. The average molecular weight is 430 g/mol. The molecule has 3 saturated heterocycles. The molecule has 2 aliphatic carbocycles. The summed E-state index contributed by atoms with van der Waals surface area (Å²) < 4.78 is 0. The van der Waals surface area contributed by atoms with Crippen LogP contribution in [0, 0.1) is 52.3 Å². The molecule has 0 bridgehead atoms. The number of piperidine rings is 2. The van der Waals surface area contributed by atoms with Gasteiger partial charge in [-0.3, -0.25) is 16.2 Å². The van der Waals surface area contributed by atoms with E-state index in [1.807, 2.05) is 0 Å². The van der Waals surface area contributed by atoms with Crippen LogP contribution in [0.25, 0.3) is 0 Å². The van der Waals surface area contributed by atoms with Gasteiger partial charge in [0.15, 0.2) is 0 Å². The van der Waals surface area contributed by atoms with E-state index in [2.05, 4.69) is 41.4 Å². The van der Waals surface area contributed by atoms with E-state index >= 15 is 0 Å². The molecule has 6 nitrogen and oxygen atoms in total. The van der Waals surface area contributed by atoms with E-state index in [4.69, 9.17) is 0 Å². The van der Waals surface area contributed by atoms with E-state index in [1.165, 1.54) is 51.4 Å². The summed E-state index contributed by atoms with van der Waals surface area (Å²) in [5.41, 5.74) is 7.26. The summed E-state index contributed by atoms with van der Waals surface area (Å²) in [6.45, 7) is 6.33. The number of hydrazine groups is 1. The fraction of sp³-hybridized carbons (Fsp3) is 0.960. The smallest absolute Gasteiger partial charge is 0.104 e. The zero-order chi connectivity index (χ0) is 21.6. The molecule has 3 aliphatic heterocycles. The molecule has 2 saturated carbocycles. The molecule has 0 aromatic carbocycles. The van der Waals surface area contributed by atoms with Gasteiger partial charge < -0.3 is 10.4 Å². The van der Waals surface area contributed by atoms with Crippen molar-refractivity contribution in [2.75, 3.05) is 13.1 Å². The summed E-state index contributed by atoms with van der Waals surface area (Å²) in [4.78, 5) is 0. The van der Waals surface area contributed by atoms with Crippen molar-refractivity contribution in [1.82, 2.24) is 21.5 Å². The van der Waals surface area contributed by atoms with Gasteiger partial charge in [0, 0.05) is 31.2 Å². The van der Waals surface area contributed by atoms with E-state index in [0.29, 0.717) is 24.0 Å². The van der Waals surface area contributed by atoms with Crippen molar-refractivity contribution in [3.8, 4) is 6.07 Å². The molecule has 174 valence electrons. The SMILES string of the molecule is CC(C)(C#N)C1CCC(C2NNC3CNC4CCC(C5CCC(O)NC5)CC4C32)CC1. The first-order chi connectivity index (χ1) is 15.0. The van der Waals surface area contributed by atoms with Crippen LogP contribution in [0.3, 0.4) is 0 Å². The lowest BCUT2D eigenvalue weighted by atomic mass is 9.60. The van der Waals surface area contributed by atoms with Crippen molar-refractivity contribution in [2.24, 2.45) is 40.9 Å². The van der Waals surface area contributed by atoms with Gasteiger partial charge in [0.05, 0.1) is 11.5 Å². The summed E-state index contributed by atoms with van der Waals surface area (Å²) >= 11 is 0. The van der Waals surface area contributed by atoms with Gasteiger partial charge >= 0.3 is 0 Å². The molecule has 0 amide bonds. The van der Waals surface area contributed by atoms with Gasteiger partial charge in [-0.15, -0.1) is 0 Å². The largest absolute Gasteiger partial charge is 0.379 e. The Hall–Kier alpha value is -0.710. The van der Waals surface area contributed by atoms with Gasteiger partial charge in [-0.2, -0.15) is 5.26 Å². The molecule has 5 N–H and O–H groups in total. The molecule has 0 aromatic heterocycles. The van der Waals surface area contributed by atoms with Crippen LogP contribution in [-0.2, 0) is 0 Å². The minimum Gasteiger partial charge on any atom is -0.379 e.